The van der Waals surface area contributed by atoms with Crippen molar-refractivity contribution < 1.29 is 19.1 Å². The SMILES string of the molecule is CNC(=O)C1CC(=O)N(c2ccc(OC)c(OC)c2)C1. The summed E-state index contributed by atoms with van der Waals surface area (Å²) in [4.78, 5) is 25.3. The highest BCUT2D eigenvalue weighted by atomic mass is 16.5. The summed E-state index contributed by atoms with van der Waals surface area (Å²) in [6.07, 6.45) is 0.230. The first-order valence-corrected chi connectivity index (χ1v) is 6.34. The Morgan fingerprint density at radius 2 is 2.00 bits per heavy atom. The molecule has 6 nitrogen and oxygen atoms in total. The summed E-state index contributed by atoms with van der Waals surface area (Å²) in [5.41, 5.74) is 0.707. The normalized spacial score (nSPS) is 18.1. The van der Waals surface area contributed by atoms with Crippen LogP contribution in [0.5, 0.6) is 11.5 Å². The van der Waals surface area contributed by atoms with Crippen LogP contribution in [0.4, 0.5) is 5.69 Å². The monoisotopic (exact) mass is 278 g/mol. The Morgan fingerprint density at radius 3 is 2.60 bits per heavy atom. The van der Waals surface area contributed by atoms with Gasteiger partial charge in [-0.2, -0.15) is 0 Å². The van der Waals surface area contributed by atoms with Crippen molar-refractivity contribution in [3.8, 4) is 11.5 Å². The quantitative estimate of drug-likeness (QED) is 0.884. The summed E-state index contributed by atoms with van der Waals surface area (Å²) in [6, 6.07) is 5.27. The molecule has 0 spiro atoms. The van der Waals surface area contributed by atoms with E-state index in [4.69, 9.17) is 9.47 Å². The number of anilines is 1. The number of ether oxygens (including phenoxy) is 2. The van der Waals surface area contributed by atoms with Crippen LogP contribution in [0.15, 0.2) is 18.2 Å². The van der Waals surface area contributed by atoms with Crippen molar-refractivity contribution in [3.05, 3.63) is 18.2 Å². The Labute approximate surface area is 117 Å². The molecule has 1 atom stereocenters. The molecule has 108 valence electrons. The van der Waals surface area contributed by atoms with Gasteiger partial charge in [-0.3, -0.25) is 9.59 Å². The van der Waals surface area contributed by atoms with Crippen LogP contribution in [0.2, 0.25) is 0 Å². The molecular formula is C14H18N2O4. The number of carbonyl (C=O) groups excluding carboxylic acids is 2. The number of hydrogen-bond acceptors (Lipinski definition) is 4. The lowest BCUT2D eigenvalue weighted by Crippen LogP contribution is -2.30. The molecule has 1 unspecified atom stereocenters. The summed E-state index contributed by atoms with van der Waals surface area (Å²) < 4.78 is 10.4. The van der Waals surface area contributed by atoms with Crippen molar-refractivity contribution in [2.45, 2.75) is 6.42 Å². The van der Waals surface area contributed by atoms with Crippen LogP contribution in [0.1, 0.15) is 6.42 Å². The molecular weight excluding hydrogens is 260 g/mol. The molecule has 0 saturated carbocycles. The average Bonchev–Trinajstić information content (AvgIpc) is 2.87. The number of rotatable bonds is 4. The Morgan fingerprint density at radius 1 is 1.30 bits per heavy atom. The van der Waals surface area contributed by atoms with Crippen molar-refractivity contribution in [1.82, 2.24) is 5.32 Å². The maximum atomic E-state index is 12.0. The molecule has 1 aliphatic rings. The topological polar surface area (TPSA) is 67.9 Å². The second-order valence-electron chi connectivity index (χ2n) is 4.56. The number of carbonyl (C=O) groups is 2. The van der Waals surface area contributed by atoms with E-state index in [9.17, 15) is 9.59 Å². The first kappa shape index (κ1) is 14.2. The highest BCUT2D eigenvalue weighted by Gasteiger charge is 2.34. The van der Waals surface area contributed by atoms with Gasteiger partial charge in [0, 0.05) is 31.8 Å². The van der Waals surface area contributed by atoms with Crippen LogP contribution in [0.3, 0.4) is 0 Å². The molecule has 6 heteroatoms. The number of hydrogen-bond donors (Lipinski definition) is 1. The summed E-state index contributed by atoms with van der Waals surface area (Å²) >= 11 is 0. The van der Waals surface area contributed by atoms with Gasteiger partial charge in [-0.15, -0.1) is 0 Å². The molecule has 2 amide bonds. The van der Waals surface area contributed by atoms with Crippen molar-refractivity contribution in [1.29, 1.82) is 0 Å². The second kappa shape index (κ2) is 5.81. The highest BCUT2D eigenvalue weighted by molar-refractivity contribution is 6.00. The lowest BCUT2D eigenvalue weighted by atomic mass is 10.1. The molecule has 1 saturated heterocycles. The predicted octanol–water partition coefficient (Wildman–Crippen LogP) is 0.803. The molecule has 1 aliphatic heterocycles. The van der Waals surface area contributed by atoms with Gasteiger partial charge in [0.15, 0.2) is 11.5 Å². The number of benzene rings is 1. The van der Waals surface area contributed by atoms with Crippen LogP contribution in [-0.2, 0) is 9.59 Å². The Balaban J connectivity index is 2.24. The Bertz CT molecular complexity index is 530. The maximum absolute atomic E-state index is 12.0. The maximum Gasteiger partial charge on any atom is 0.227 e. The van der Waals surface area contributed by atoms with Crippen molar-refractivity contribution in [3.63, 3.8) is 0 Å². The number of nitrogens with one attached hydrogen (secondary N) is 1. The molecule has 1 aromatic carbocycles. The smallest absolute Gasteiger partial charge is 0.227 e. The van der Waals surface area contributed by atoms with E-state index in [0.29, 0.717) is 23.7 Å². The van der Waals surface area contributed by atoms with Gasteiger partial charge in [0.2, 0.25) is 11.8 Å². The van der Waals surface area contributed by atoms with Gasteiger partial charge < -0.3 is 19.7 Å². The van der Waals surface area contributed by atoms with E-state index in [0.717, 1.165) is 0 Å². The predicted molar refractivity (Wildman–Crippen MR) is 74.1 cm³/mol. The fourth-order valence-corrected chi connectivity index (χ4v) is 2.33. The third-order valence-electron chi connectivity index (χ3n) is 3.42. The number of nitrogens with zero attached hydrogens (tertiary/aromatic N) is 1. The standard InChI is InChI=1S/C14H18N2O4/c1-15-14(18)9-6-13(17)16(8-9)10-4-5-11(19-2)12(7-10)20-3/h4-5,7,9H,6,8H2,1-3H3,(H,15,18). The molecule has 1 fully saturated rings. The van der Waals surface area contributed by atoms with E-state index in [1.165, 1.54) is 0 Å². The van der Waals surface area contributed by atoms with Crippen LogP contribution in [-0.4, -0.2) is 39.6 Å². The summed E-state index contributed by atoms with van der Waals surface area (Å²) in [5.74, 6) is 0.680. The zero-order valence-electron chi connectivity index (χ0n) is 11.8. The zero-order valence-corrected chi connectivity index (χ0v) is 11.8. The first-order valence-electron chi connectivity index (χ1n) is 6.34. The van der Waals surface area contributed by atoms with Crippen LogP contribution in [0, 0.1) is 5.92 Å². The lowest BCUT2D eigenvalue weighted by Gasteiger charge is -2.18. The van der Waals surface area contributed by atoms with Crippen molar-refractivity contribution >= 4 is 17.5 Å². The largest absolute Gasteiger partial charge is 0.493 e. The van der Waals surface area contributed by atoms with Crippen LogP contribution in [0.25, 0.3) is 0 Å². The minimum Gasteiger partial charge on any atom is -0.493 e. The molecule has 0 radical (unpaired) electrons. The van der Waals surface area contributed by atoms with Gasteiger partial charge in [-0.05, 0) is 12.1 Å². The number of methoxy groups -OCH3 is 2. The zero-order chi connectivity index (χ0) is 14.7. The van der Waals surface area contributed by atoms with E-state index < -0.39 is 0 Å². The molecule has 2 rings (SSSR count). The summed E-state index contributed by atoms with van der Waals surface area (Å²) in [5, 5.41) is 2.58. The minimum absolute atomic E-state index is 0.0641. The van der Waals surface area contributed by atoms with Crippen molar-refractivity contribution in [2.24, 2.45) is 5.92 Å². The summed E-state index contributed by atoms with van der Waals surface area (Å²) in [6.45, 7) is 0.383. The molecule has 0 aliphatic carbocycles. The van der Waals surface area contributed by atoms with Gasteiger partial charge in [0.25, 0.3) is 0 Å². The molecule has 1 N–H and O–H groups in total. The molecule has 0 bridgehead atoms. The van der Waals surface area contributed by atoms with Gasteiger partial charge in [-0.25, -0.2) is 0 Å². The second-order valence-corrected chi connectivity index (χ2v) is 4.56. The van der Waals surface area contributed by atoms with Gasteiger partial charge in [0.1, 0.15) is 0 Å². The average molecular weight is 278 g/mol. The van der Waals surface area contributed by atoms with Crippen molar-refractivity contribution in [2.75, 3.05) is 32.7 Å². The van der Waals surface area contributed by atoms with E-state index >= 15 is 0 Å². The van der Waals surface area contributed by atoms with Gasteiger partial charge >= 0.3 is 0 Å². The van der Waals surface area contributed by atoms with Crippen LogP contribution < -0.4 is 19.7 Å². The molecule has 20 heavy (non-hydrogen) atoms. The van der Waals surface area contributed by atoms with E-state index in [2.05, 4.69) is 5.32 Å². The van der Waals surface area contributed by atoms with Crippen LogP contribution >= 0.6 is 0 Å². The first-order chi connectivity index (χ1) is 9.60. The fraction of sp³-hybridized carbons (Fsp3) is 0.429. The Kier molecular flexibility index (Phi) is 4.12. The number of amides is 2. The molecule has 0 aromatic heterocycles. The minimum atomic E-state index is -0.305. The molecule has 1 heterocycles. The fourth-order valence-electron chi connectivity index (χ4n) is 2.33. The lowest BCUT2D eigenvalue weighted by molar-refractivity contribution is -0.125. The Hall–Kier alpha value is -2.24. The van der Waals surface area contributed by atoms with E-state index in [1.807, 2.05) is 0 Å². The summed E-state index contributed by atoms with van der Waals surface area (Å²) in [7, 11) is 4.67. The van der Waals surface area contributed by atoms with Gasteiger partial charge in [-0.1, -0.05) is 0 Å². The van der Waals surface area contributed by atoms with E-state index in [-0.39, 0.29) is 24.2 Å². The highest BCUT2D eigenvalue weighted by Crippen LogP contribution is 2.34. The van der Waals surface area contributed by atoms with Gasteiger partial charge in [0.05, 0.1) is 20.1 Å². The molecule has 1 aromatic rings. The third-order valence-corrected chi connectivity index (χ3v) is 3.42. The van der Waals surface area contributed by atoms with E-state index in [1.54, 1.807) is 44.4 Å². The third kappa shape index (κ3) is 2.54.